The van der Waals surface area contributed by atoms with Crippen molar-refractivity contribution < 1.29 is 23.8 Å². The Morgan fingerprint density at radius 3 is 2.80 bits per heavy atom. The number of carbonyl (C=O) groups is 1. The molecule has 6 nitrogen and oxygen atoms in total. The Balaban J connectivity index is 1.74. The van der Waals surface area contributed by atoms with Crippen molar-refractivity contribution in [2.45, 2.75) is 13.0 Å². The standard InChI is InChI=1S/C14H13NO5/c1-8(10-4-5-12(20-10)14(16)17)15-9-2-3-11-13(6-9)19-7-18-11/h2-6,8,15H,7H2,1H3,(H,16,17). The first-order valence-corrected chi connectivity index (χ1v) is 6.12. The number of carboxylic acids is 1. The molecule has 0 bridgehead atoms. The molecule has 2 heterocycles. The number of hydrogen-bond acceptors (Lipinski definition) is 5. The zero-order valence-corrected chi connectivity index (χ0v) is 10.8. The maximum absolute atomic E-state index is 10.8. The van der Waals surface area contributed by atoms with E-state index in [1.54, 1.807) is 6.07 Å². The van der Waals surface area contributed by atoms with Crippen molar-refractivity contribution in [1.82, 2.24) is 0 Å². The first-order valence-electron chi connectivity index (χ1n) is 6.12. The molecule has 1 aromatic heterocycles. The lowest BCUT2D eigenvalue weighted by molar-refractivity contribution is 0.0660. The second-order valence-corrected chi connectivity index (χ2v) is 4.44. The maximum atomic E-state index is 10.8. The minimum absolute atomic E-state index is 0.0701. The molecule has 3 rings (SSSR count). The van der Waals surface area contributed by atoms with Crippen LogP contribution in [-0.2, 0) is 0 Å². The number of anilines is 1. The largest absolute Gasteiger partial charge is 0.475 e. The summed E-state index contributed by atoms with van der Waals surface area (Å²) in [4.78, 5) is 10.8. The van der Waals surface area contributed by atoms with E-state index in [9.17, 15) is 4.79 Å². The van der Waals surface area contributed by atoms with E-state index < -0.39 is 5.97 Å². The van der Waals surface area contributed by atoms with Gasteiger partial charge >= 0.3 is 5.97 Å². The average molecular weight is 275 g/mol. The van der Waals surface area contributed by atoms with Crippen LogP contribution in [0.15, 0.2) is 34.7 Å². The highest BCUT2D eigenvalue weighted by molar-refractivity contribution is 5.84. The van der Waals surface area contributed by atoms with Crippen molar-refractivity contribution in [3.05, 3.63) is 41.9 Å². The molecule has 1 unspecified atom stereocenters. The van der Waals surface area contributed by atoms with E-state index in [4.69, 9.17) is 19.0 Å². The van der Waals surface area contributed by atoms with E-state index in [2.05, 4.69) is 5.32 Å². The first-order chi connectivity index (χ1) is 9.63. The van der Waals surface area contributed by atoms with E-state index >= 15 is 0 Å². The smallest absolute Gasteiger partial charge is 0.371 e. The van der Waals surface area contributed by atoms with Crippen molar-refractivity contribution in [3.63, 3.8) is 0 Å². The number of carboxylic acid groups (broad SMARTS) is 1. The normalized spacial score (nSPS) is 14.1. The van der Waals surface area contributed by atoms with Gasteiger partial charge in [-0.3, -0.25) is 0 Å². The third-order valence-corrected chi connectivity index (χ3v) is 3.02. The second kappa shape index (κ2) is 4.80. The fourth-order valence-corrected chi connectivity index (χ4v) is 2.01. The zero-order chi connectivity index (χ0) is 14.1. The third kappa shape index (κ3) is 2.27. The van der Waals surface area contributed by atoms with Gasteiger partial charge in [-0.15, -0.1) is 0 Å². The van der Waals surface area contributed by atoms with Crippen molar-refractivity contribution in [2.24, 2.45) is 0 Å². The Kier molecular flexibility index (Phi) is 2.98. The lowest BCUT2D eigenvalue weighted by Crippen LogP contribution is -2.05. The SMILES string of the molecule is CC(Nc1ccc2c(c1)OCO2)c1ccc(C(=O)O)o1. The summed E-state index contributed by atoms with van der Waals surface area (Å²) in [6, 6.07) is 8.44. The van der Waals surface area contributed by atoms with Crippen LogP contribution in [-0.4, -0.2) is 17.9 Å². The molecule has 0 saturated carbocycles. The quantitative estimate of drug-likeness (QED) is 0.893. The van der Waals surface area contributed by atoms with Crippen LogP contribution < -0.4 is 14.8 Å². The van der Waals surface area contributed by atoms with Gasteiger partial charge in [-0.1, -0.05) is 0 Å². The molecule has 0 amide bonds. The minimum atomic E-state index is -1.08. The Hall–Kier alpha value is -2.63. The summed E-state index contributed by atoms with van der Waals surface area (Å²) in [6.07, 6.45) is 0. The lowest BCUT2D eigenvalue weighted by atomic mass is 10.2. The van der Waals surface area contributed by atoms with Gasteiger partial charge in [-0.25, -0.2) is 4.79 Å². The number of furan rings is 1. The van der Waals surface area contributed by atoms with E-state index in [0.29, 0.717) is 11.5 Å². The van der Waals surface area contributed by atoms with Crippen LogP contribution in [0.4, 0.5) is 5.69 Å². The highest BCUT2D eigenvalue weighted by Gasteiger charge is 2.16. The lowest BCUT2D eigenvalue weighted by Gasteiger charge is -2.13. The molecule has 2 aromatic rings. The zero-order valence-electron chi connectivity index (χ0n) is 10.8. The van der Waals surface area contributed by atoms with Gasteiger partial charge in [0.25, 0.3) is 0 Å². The summed E-state index contributed by atoms with van der Waals surface area (Å²) in [5, 5.41) is 12.0. The average Bonchev–Trinajstić information content (AvgIpc) is 3.07. The van der Waals surface area contributed by atoms with E-state index in [0.717, 1.165) is 11.4 Å². The van der Waals surface area contributed by atoms with Gasteiger partial charge in [0.1, 0.15) is 5.76 Å². The van der Waals surface area contributed by atoms with E-state index in [1.165, 1.54) is 6.07 Å². The molecule has 0 saturated heterocycles. The van der Waals surface area contributed by atoms with Crippen LogP contribution in [0.5, 0.6) is 11.5 Å². The highest BCUT2D eigenvalue weighted by Crippen LogP contribution is 2.35. The summed E-state index contributed by atoms with van der Waals surface area (Å²) in [7, 11) is 0. The predicted molar refractivity (Wildman–Crippen MR) is 70.3 cm³/mol. The van der Waals surface area contributed by atoms with Gasteiger partial charge in [-0.05, 0) is 31.2 Å². The Labute approximate surface area is 114 Å². The summed E-state index contributed by atoms with van der Waals surface area (Å²) in [5.74, 6) is 0.813. The van der Waals surface area contributed by atoms with Crippen molar-refractivity contribution in [2.75, 3.05) is 12.1 Å². The maximum Gasteiger partial charge on any atom is 0.371 e. The molecule has 1 aromatic carbocycles. The number of ether oxygens (including phenoxy) is 2. The Morgan fingerprint density at radius 1 is 1.25 bits per heavy atom. The molecular formula is C14H13NO5. The van der Waals surface area contributed by atoms with Gasteiger partial charge in [-0.2, -0.15) is 0 Å². The number of nitrogens with one attached hydrogen (secondary N) is 1. The number of aromatic carboxylic acids is 1. The van der Waals surface area contributed by atoms with Crippen LogP contribution >= 0.6 is 0 Å². The predicted octanol–water partition coefficient (Wildman–Crippen LogP) is 2.88. The summed E-state index contributed by atoms with van der Waals surface area (Å²) in [5.41, 5.74) is 0.843. The molecular weight excluding hydrogens is 262 g/mol. The fourth-order valence-electron chi connectivity index (χ4n) is 2.01. The number of benzene rings is 1. The minimum Gasteiger partial charge on any atom is -0.475 e. The highest BCUT2D eigenvalue weighted by atomic mass is 16.7. The molecule has 0 spiro atoms. The number of hydrogen-bond donors (Lipinski definition) is 2. The van der Waals surface area contributed by atoms with Crippen LogP contribution in [0.2, 0.25) is 0 Å². The molecule has 1 aliphatic rings. The molecule has 0 fully saturated rings. The number of fused-ring (bicyclic) bond motifs is 1. The van der Waals surface area contributed by atoms with Gasteiger partial charge in [0.05, 0.1) is 6.04 Å². The monoisotopic (exact) mass is 275 g/mol. The fraction of sp³-hybridized carbons (Fsp3) is 0.214. The topological polar surface area (TPSA) is 80.9 Å². The van der Waals surface area contributed by atoms with Crippen LogP contribution in [0.1, 0.15) is 29.3 Å². The molecule has 1 atom stereocenters. The van der Waals surface area contributed by atoms with Gasteiger partial charge in [0.2, 0.25) is 12.6 Å². The van der Waals surface area contributed by atoms with Crippen LogP contribution in [0.3, 0.4) is 0 Å². The molecule has 104 valence electrons. The second-order valence-electron chi connectivity index (χ2n) is 4.44. The molecule has 1 aliphatic heterocycles. The summed E-state index contributed by atoms with van der Waals surface area (Å²) in [6.45, 7) is 2.11. The van der Waals surface area contributed by atoms with Crippen molar-refractivity contribution in [3.8, 4) is 11.5 Å². The van der Waals surface area contributed by atoms with Crippen molar-refractivity contribution >= 4 is 11.7 Å². The van der Waals surface area contributed by atoms with Gasteiger partial charge < -0.3 is 24.3 Å². The molecule has 2 N–H and O–H groups in total. The Morgan fingerprint density at radius 2 is 2.05 bits per heavy atom. The van der Waals surface area contributed by atoms with Crippen molar-refractivity contribution in [1.29, 1.82) is 0 Å². The van der Waals surface area contributed by atoms with Gasteiger partial charge in [0, 0.05) is 11.8 Å². The van der Waals surface area contributed by atoms with E-state index in [1.807, 2.05) is 25.1 Å². The first kappa shape index (κ1) is 12.4. The third-order valence-electron chi connectivity index (χ3n) is 3.02. The summed E-state index contributed by atoms with van der Waals surface area (Å²) < 4.78 is 15.8. The van der Waals surface area contributed by atoms with E-state index in [-0.39, 0.29) is 18.6 Å². The van der Waals surface area contributed by atoms with Crippen LogP contribution in [0, 0.1) is 0 Å². The molecule has 0 radical (unpaired) electrons. The molecule has 20 heavy (non-hydrogen) atoms. The molecule has 0 aliphatic carbocycles. The summed E-state index contributed by atoms with van der Waals surface area (Å²) >= 11 is 0. The Bertz CT molecular complexity index is 649. The number of rotatable bonds is 4. The van der Waals surface area contributed by atoms with Gasteiger partial charge in [0.15, 0.2) is 11.5 Å². The van der Waals surface area contributed by atoms with Crippen LogP contribution in [0.25, 0.3) is 0 Å². The molecule has 6 heteroatoms.